The molecule has 0 aromatic heterocycles. The minimum absolute atomic E-state index is 0.667. The van der Waals surface area contributed by atoms with Crippen molar-refractivity contribution < 1.29 is 2.84 Å². The highest BCUT2D eigenvalue weighted by molar-refractivity contribution is 6.63. The van der Waals surface area contributed by atoms with Gasteiger partial charge in [-0.1, -0.05) is 23.1 Å². The van der Waals surface area contributed by atoms with Crippen molar-refractivity contribution in [2.45, 2.75) is 23.1 Å². The first kappa shape index (κ1) is 8.02. The average molecular weight is 130 g/mol. The lowest BCUT2D eigenvalue weighted by Crippen LogP contribution is -2.17. The molecule has 7 heavy (non-hydrogen) atoms. The van der Waals surface area contributed by atoms with Crippen molar-refractivity contribution in [3.05, 3.63) is 0 Å². The fourth-order valence-corrected chi connectivity index (χ4v) is 4.90. The van der Waals surface area contributed by atoms with Gasteiger partial charge in [0.1, 0.15) is 0 Å². The van der Waals surface area contributed by atoms with E-state index in [-0.39, 0.29) is 0 Å². The zero-order valence-electron chi connectivity index (χ0n) is 5.56. The third kappa shape index (κ3) is 7.02. The maximum absolute atomic E-state index is 5.53. The van der Waals surface area contributed by atoms with Crippen LogP contribution in [0, 0.1) is 0 Å². The Kier molecular flexibility index (Phi) is 4.54. The zero-order chi connectivity index (χ0) is 5.86. The highest BCUT2D eigenvalue weighted by Gasteiger charge is 2.09. The third-order valence-corrected chi connectivity index (χ3v) is 4.90. The summed E-state index contributed by atoms with van der Waals surface area (Å²) in [4.78, 5) is 0. The molecule has 1 nitrogen and oxygen atoms in total. The highest BCUT2D eigenvalue weighted by Crippen LogP contribution is 1.87. The Hall–Kier alpha value is 1.02. The lowest BCUT2D eigenvalue weighted by Gasteiger charge is -2.03. The molecule has 0 aromatic carbocycles. The average Bonchev–Trinajstić information content (AvgIpc) is 1.27. The van der Waals surface area contributed by atoms with Crippen LogP contribution in [0.3, 0.4) is 0 Å². The van der Waals surface area contributed by atoms with Crippen LogP contribution in [-0.2, 0) is 2.84 Å². The first-order chi connectivity index (χ1) is 3.13. The van der Waals surface area contributed by atoms with E-state index in [1.807, 2.05) is 0 Å². The quantitative estimate of drug-likeness (QED) is 0.515. The topological polar surface area (TPSA) is 9.23 Å². The van der Waals surface area contributed by atoms with E-state index < -0.39 is 29.0 Å². The molecule has 0 fully saturated rings. The summed E-state index contributed by atoms with van der Waals surface area (Å²) in [6.07, 6.45) is 0. The molecule has 0 rings (SSSR count). The number of rotatable bonds is 2. The van der Waals surface area contributed by atoms with E-state index in [0.717, 1.165) is 0 Å². The van der Waals surface area contributed by atoms with E-state index in [1.165, 1.54) is 0 Å². The van der Waals surface area contributed by atoms with Crippen LogP contribution in [0.5, 0.6) is 0 Å². The summed E-state index contributed by atoms with van der Waals surface area (Å²) in [5.41, 5.74) is 0. The van der Waals surface area contributed by atoms with Crippen LogP contribution >= 0.6 is 0 Å². The Bertz CT molecular complexity index is 39.0. The third-order valence-electron chi connectivity index (χ3n) is 0.544. The largest absolute Gasteiger partial charge is 0.637 e. The van der Waals surface area contributed by atoms with Gasteiger partial charge in [-0.2, -0.15) is 0 Å². The molecule has 40 valence electrons. The van der Waals surface area contributed by atoms with E-state index in [4.69, 9.17) is 2.84 Å². The fraction of sp³-hybridized carbons (Fsp3) is 1.00. The van der Waals surface area contributed by atoms with E-state index >= 15 is 0 Å². The molecule has 0 aliphatic heterocycles. The maximum atomic E-state index is 5.53. The second kappa shape index (κ2) is 3.96. The van der Waals surface area contributed by atoms with Gasteiger partial charge in [-0.05, 0) is 0 Å². The monoisotopic (exact) mass is 130 g/mol. The summed E-state index contributed by atoms with van der Waals surface area (Å²) in [6.45, 7) is 0. The summed E-state index contributed by atoms with van der Waals surface area (Å²) in [7, 11) is 0. The van der Waals surface area contributed by atoms with Crippen LogP contribution in [0.15, 0.2) is 0 Å². The molecule has 0 atom stereocenters. The summed E-state index contributed by atoms with van der Waals surface area (Å²) in [5.74, 6) is 8.86. The van der Waals surface area contributed by atoms with Crippen molar-refractivity contribution in [2.24, 2.45) is 0 Å². The normalized spacial score (nSPS) is 8.57. The Morgan fingerprint density at radius 1 is 0.857 bits per heavy atom. The molecular weight excluding hydrogens is 118 g/mol. The summed E-state index contributed by atoms with van der Waals surface area (Å²) < 4.78 is 5.53. The van der Waals surface area contributed by atoms with Crippen LogP contribution in [-0.4, -0.2) is 29.0 Å². The first-order valence-corrected chi connectivity index (χ1v) is 8.34. The van der Waals surface area contributed by atoms with Crippen molar-refractivity contribution in [3.63, 3.8) is 0 Å². The van der Waals surface area contributed by atoms with Gasteiger partial charge in [-0.15, -0.1) is 0 Å². The zero-order valence-corrected chi connectivity index (χ0v) is 7.87. The minimum Gasteiger partial charge on any atom is -0.637 e. The molecule has 0 amide bonds. The van der Waals surface area contributed by atoms with Crippen LogP contribution in [0.2, 0.25) is 23.1 Å². The molecule has 0 aliphatic carbocycles. The molecule has 0 bridgehead atoms. The maximum Gasteiger partial charge on any atom is 0.423 e. The van der Waals surface area contributed by atoms with Crippen LogP contribution in [0.1, 0.15) is 0 Å². The molecule has 0 heterocycles. The van der Waals surface area contributed by atoms with Gasteiger partial charge < -0.3 is 2.84 Å². The van der Waals surface area contributed by atoms with Crippen molar-refractivity contribution in [1.82, 2.24) is 0 Å². The van der Waals surface area contributed by atoms with Crippen molar-refractivity contribution in [3.8, 4) is 0 Å². The smallest absolute Gasteiger partial charge is 0.423 e. The SMILES string of the molecule is [CH3][Al]([CH3])[O][Al]([CH3])[CH3]. The van der Waals surface area contributed by atoms with Crippen molar-refractivity contribution in [1.29, 1.82) is 0 Å². The first-order valence-electron chi connectivity index (χ1n) is 2.78. The highest BCUT2D eigenvalue weighted by atomic mass is 27.3. The predicted molar refractivity (Wildman–Crippen MR) is 36.0 cm³/mol. The molecule has 0 saturated heterocycles. The Balaban J connectivity index is 2.95. The van der Waals surface area contributed by atoms with E-state index in [1.54, 1.807) is 0 Å². The van der Waals surface area contributed by atoms with Gasteiger partial charge in [0.25, 0.3) is 0 Å². The van der Waals surface area contributed by atoms with Gasteiger partial charge in [-0.25, -0.2) is 0 Å². The number of hydrogen-bond acceptors (Lipinski definition) is 1. The molecule has 0 saturated carbocycles. The van der Waals surface area contributed by atoms with Crippen LogP contribution in [0.25, 0.3) is 0 Å². The summed E-state index contributed by atoms with van der Waals surface area (Å²) in [5, 5.41) is 0. The van der Waals surface area contributed by atoms with Crippen LogP contribution in [0.4, 0.5) is 0 Å². The lowest BCUT2D eigenvalue weighted by atomic mass is 11.9. The summed E-state index contributed by atoms with van der Waals surface area (Å²) in [6, 6.07) is 0. The van der Waals surface area contributed by atoms with E-state index in [2.05, 4.69) is 23.1 Å². The standard InChI is InChI=1S/4CH3.2Al.O/h4*1H3;;;. The second-order valence-corrected chi connectivity index (χ2v) is 7.52. The van der Waals surface area contributed by atoms with Crippen molar-refractivity contribution in [2.75, 3.05) is 0 Å². The molecule has 0 unspecified atom stereocenters. The van der Waals surface area contributed by atoms with E-state index in [0.29, 0.717) is 0 Å². The molecular formula is C4H12Al2O. The number of hydrogen-bond donors (Lipinski definition) is 0. The van der Waals surface area contributed by atoms with Gasteiger partial charge >= 0.3 is 29.0 Å². The van der Waals surface area contributed by atoms with E-state index in [9.17, 15) is 0 Å². The molecule has 0 radical (unpaired) electrons. The minimum atomic E-state index is -0.667. The Labute approximate surface area is 55.1 Å². The molecule has 0 N–H and O–H groups in total. The van der Waals surface area contributed by atoms with Gasteiger partial charge in [0, 0.05) is 0 Å². The fourth-order valence-electron chi connectivity index (χ4n) is 0.544. The van der Waals surface area contributed by atoms with Crippen LogP contribution < -0.4 is 0 Å². The molecule has 0 aliphatic rings. The predicted octanol–water partition coefficient (Wildman–Crippen LogP) is 1.51. The Morgan fingerprint density at radius 3 is 1.14 bits per heavy atom. The second-order valence-electron chi connectivity index (χ2n) is 2.23. The molecule has 0 aromatic rings. The lowest BCUT2D eigenvalue weighted by molar-refractivity contribution is 0.608. The van der Waals surface area contributed by atoms with Gasteiger partial charge in [0.15, 0.2) is 0 Å². The van der Waals surface area contributed by atoms with Gasteiger partial charge in [0.2, 0.25) is 0 Å². The molecule has 0 spiro atoms. The van der Waals surface area contributed by atoms with Crippen molar-refractivity contribution >= 4 is 29.0 Å². The Morgan fingerprint density at radius 2 is 1.14 bits per heavy atom. The van der Waals surface area contributed by atoms with Gasteiger partial charge in [0.05, 0.1) is 0 Å². The molecule has 3 heteroatoms. The van der Waals surface area contributed by atoms with Gasteiger partial charge in [-0.3, -0.25) is 0 Å². The summed E-state index contributed by atoms with van der Waals surface area (Å²) >= 11 is -1.33.